The Hall–Kier alpha value is -3.00. The number of piperidine rings is 1. The third-order valence-electron chi connectivity index (χ3n) is 5.32. The summed E-state index contributed by atoms with van der Waals surface area (Å²) in [4.78, 5) is 20.9. The van der Waals surface area contributed by atoms with E-state index >= 15 is 0 Å². The summed E-state index contributed by atoms with van der Waals surface area (Å²) in [6.07, 6.45) is 5.12. The molecule has 0 radical (unpaired) electrons. The number of nitrogens with zero attached hydrogens (tertiary/aromatic N) is 6. The van der Waals surface area contributed by atoms with Gasteiger partial charge in [-0.1, -0.05) is 18.2 Å². The van der Waals surface area contributed by atoms with Gasteiger partial charge in [0.1, 0.15) is 17.5 Å². The fraction of sp³-hybridized carbons (Fsp3) is 0.300. The van der Waals surface area contributed by atoms with Crippen LogP contribution in [0.4, 0.5) is 0 Å². The average molecular weight is 392 g/mol. The maximum atomic E-state index is 13.1. The minimum atomic E-state index is 0.109. The second-order valence-corrected chi connectivity index (χ2v) is 8.09. The number of thiophene rings is 1. The summed E-state index contributed by atoms with van der Waals surface area (Å²) in [5, 5.41) is 9.94. The highest BCUT2D eigenvalue weighted by Crippen LogP contribution is 2.32. The van der Waals surface area contributed by atoms with E-state index in [1.807, 2.05) is 57.6 Å². The molecule has 0 aliphatic carbocycles. The monoisotopic (exact) mass is 392 g/mol. The first-order valence-corrected chi connectivity index (χ1v) is 10.2. The van der Waals surface area contributed by atoms with E-state index in [-0.39, 0.29) is 5.91 Å². The summed E-state index contributed by atoms with van der Waals surface area (Å²) in [5.41, 5.74) is 1.95. The number of carbonyl (C=O) groups is 1. The minimum absolute atomic E-state index is 0.109. The van der Waals surface area contributed by atoms with Crippen LogP contribution in [0, 0.1) is 6.92 Å². The van der Waals surface area contributed by atoms with Crippen LogP contribution in [0.25, 0.3) is 15.9 Å². The number of aryl methyl sites for hydroxylation is 1. The SMILES string of the molecule is Cc1nn(-c2ccccc2)c2sc(C(=O)N3CCC(n4cncn4)CC3)cc12. The number of fused-ring (bicyclic) bond motifs is 1. The molecule has 142 valence electrons. The lowest BCUT2D eigenvalue weighted by Crippen LogP contribution is -2.38. The van der Waals surface area contributed by atoms with E-state index in [1.54, 1.807) is 12.7 Å². The number of likely N-dealkylation sites (tertiary alicyclic amines) is 1. The fourth-order valence-electron chi connectivity index (χ4n) is 3.79. The molecular formula is C20H20N6OS. The maximum absolute atomic E-state index is 13.1. The zero-order valence-electron chi connectivity index (χ0n) is 15.5. The van der Waals surface area contributed by atoms with Gasteiger partial charge >= 0.3 is 0 Å². The average Bonchev–Trinajstić information content (AvgIpc) is 3.47. The van der Waals surface area contributed by atoms with E-state index in [4.69, 9.17) is 0 Å². The van der Waals surface area contributed by atoms with E-state index in [2.05, 4.69) is 15.2 Å². The summed E-state index contributed by atoms with van der Waals surface area (Å²) in [5.74, 6) is 0.109. The standard InChI is InChI=1S/C20H20N6OS/c1-14-17-11-18(28-20(17)26(23-14)16-5-3-2-4-6-16)19(27)24-9-7-15(8-10-24)25-13-21-12-22-25/h2-6,11-13,15H,7-10H2,1H3. The van der Waals surface area contributed by atoms with Crippen LogP contribution in [0.15, 0.2) is 49.1 Å². The fourth-order valence-corrected chi connectivity index (χ4v) is 4.94. The molecule has 4 heterocycles. The lowest BCUT2D eigenvalue weighted by molar-refractivity contribution is 0.0695. The van der Waals surface area contributed by atoms with E-state index < -0.39 is 0 Å². The van der Waals surface area contributed by atoms with Crippen LogP contribution in [0.1, 0.15) is 34.2 Å². The largest absolute Gasteiger partial charge is 0.338 e. The first-order valence-electron chi connectivity index (χ1n) is 9.38. The molecule has 0 saturated carbocycles. The van der Waals surface area contributed by atoms with E-state index in [1.165, 1.54) is 11.3 Å². The van der Waals surface area contributed by atoms with Crippen molar-refractivity contribution in [3.8, 4) is 5.69 Å². The molecule has 0 unspecified atom stereocenters. The van der Waals surface area contributed by atoms with Gasteiger partial charge in [0.25, 0.3) is 5.91 Å². The molecule has 0 atom stereocenters. The second-order valence-electron chi connectivity index (χ2n) is 7.06. The van der Waals surface area contributed by atoms with Crippen LogP contribution in [-0.4, -0.2) is 48.4 Å². The van der Waals surface area contributed by atoms with Gasteiger partial charge in [-0.3, -0.25) is 4.79 Å². The third-order valence-corrected chi connectivity index (χ3v) is 6.42. The van der Waals surface area contributed by atoms with Crippen molar-refractivity contribution in [1.29, 1.82) is 0 Å². The predicted octanol–water partition coefficient (Wildman–Crippen LogP) is 3.46. The number of carbonyl (C=O) groups excluding carboxylic acids is 1. The first-order chi connectivity index (χ1) is 13.7. The van der Waals surface area contributed by atoms with Gasteiger partial charge < -0.3 is 4.90 Å². The van der Waals surface area contributed by atoms with Crippen molar-refractivity contribution >= 4 is 27.5 Å². The highest BCUT2D eigenvalue weighted by atomic mass is 32.1. The van der Waals surface area contributed by atoms with Crippen molar-refractivity contribution in [2.24, 2.45) is 0 Å². The molecule has 7 nitrogen and oxygen atoms in total. The zero-order chi connectivity index (χ0) is 19.1. The van der Waals surface area contributed by atoms with Gasteiger partial charge in [-0.05, 0) is 38.0 Å². The van der Waals surface area contributed by atoms with Crippen molar-refractivity contribution in [2.45, 2.75) is 25.8 Å². The van der Waals surface area contributed by atoms with Crippen molar-refractivity contribution in [3.63, 3.8) is 0 Å². The van der Waals surface area contributed by atoms with Crippen LogP contribution >= 0.6 is 11.3 Å². The van der Waals surface area contributed by atoms with Gasteiger partial charge in [0.2, 0.25) is 0 Å². The summed E-state index contributed by atoms with van der Waals surface area (Å²) < 4.78 is 3.84. The predicted molar refractivity (Wildman–Crippen MR) is 108 cm³/mol. The van der Waals surface area contributed by atoms with Crippen LogP contribution in [-0.2, 0) is 0 Å². The molecule has 4 aromatic rings. The number of hydrogen-bond donors (Lipinski definition) is 0. The third kappa shape index (κ3) is 2.90. The number of hydrogen-bond acceptors (Lipinski definition) is 5. The van der Waals surface area contributed by atoms with Crippen molar-refractivity contribution in [1.82, 2.24) is 29.4 Å². The summed E-state index contributed by atoms with van der Waals surface area (Å²) in [6, 6.07) is 12.4. The van der Waals surface area contributed by atoms with Crippen LogP contribution in [0.3, 0.4) is 0 Å². The lowest BCUT2D eigenvalue weighted by Gasteiger charge is -2.31. The smallest absolute Gasteiger partial charge is 0.264 e. The van der Waals surface area contributed by atoms with Crippen molar-refractivity contribution in [2.75, 3.05) is 13.1 Å². The van der Waals surface area contributed by atoms with Crippen LogP contribution in [0.5, 0.6) is 0 Å². The molecule has 0 spiro atoms. The lowest BCUT2D eigenvalue weighted by atomic mass is 10.1. The Bertz CT molecular complexity index is 1110. The summed E-state index contributed by atoms with van der Waals surface area (Å²) in [7, 11) is 0. The number of amides is 1. The normalized spacial score (nSPS) is 15.4. The number of rotatable bonds is 3. The molecule has 1 aliphatic heterocycles. The van der Waals surface area contributed by atoms with E-state index in [0.29, 0.717) is 6.04 Å². The molecule has 5 rings (SSSR count). The van der Waals surface area contributed by atoms with Crippen molar-refractivity contribution < 1.29 is 4.79 Å². The molecule has 1 amide bonds. The molecule has 1 aliphatic rings. The topological polar surface area (TPSA) is 68.8 Å². The van der Waals surface area contributed by atoms with Crippen molar-refractivity contribution in [3.05, 3.63) is 59.6 Å². The zero-order valence-corrected chi connectivity index (χ0v) is 16.3. The Balaban J connectivity index is 1.39. The molecule has 3 aromatic heterocycles. The quantitative estimate of drug-likeness (QED) is 0.535. The van der Waals surface area contributed by atoms with Crippen LogP contribution < -0.4 is 0 Å². The summed E-state index contributed by atoms with van der Waals surface area (Å²) in [6.45, 7) is 3.47. The Morgan fingerprint density at radius 1 is 1.18 bits per heavy atom. The highest BCUT2D eigenvalue weighted by Gasteiger charge is 2.27. The highest BCUT2D eigenvalue weighted by molar-refractivity contribution is 7.20. The molecule has 0 bridgehead atoms. The van der Waals surface area contributed by atoms with Gasteiger partial charge in [0.05, 0.1) is 22.3 Å². The maximum Gasteiger partial charge on any atom is 0.264 e. The molecule has 28 heavy (non-hydrogen) atoms. The number of aromatic nitrogens is 5. The Kier molecular flexibility index (Phi) is 4.20. The van der Waals surface area contributed by atoms with Gasteiger partial charge in [-0.25, -0.2) is 14.3 Å². The van der Waals surface area contributed by atoms with Gasteiger partial charge in [0.15, 0.2) is 0 Å². The Labute approximate surface area is 166 Å². The van der Waals surface area contributed by atoms with E-state index in [0.717, 1.165) is 52.4 Å². The first kappa shape index (κ1) is 17.1. The molecule has 8 heteroatoms. The molecule has 1 saturated heterocycles. The van der Waals surface area contributed by atoms with Gasteiger partial charge in [0, 0.05) is 18.5 Å². The van der Waals surface area contributed by atoms with Crippen LogP contribution in [0.2, 0.25) is 0 Å². The number of benzene rings is 1. The van der Waals surface area contributed by atoms with Gasteiger partial charge in [-0.2, -0.15) is 10.2 Å². The van der Waals surface area contributed by atoms with E-state index in [9.17, 15) is 4.79 Å². The minimum Gasteiger partial charge on any atom is -0.338 e. The number of para-hydroxylation sites is 1. The molecule has 1 aromatic carbocycles. The molecule has 0 N–H and O–H groups in total. The summed E-state index contributed by atoms with van der Waals surface area (Å²) >= 11 is 1.52. The molecular weight excluding hydrogens is 372 g/mol. The van der Waals surface area contributed by atoms with Gasteiger partial charge in [-0.15, -0.1) is 11.3 Å². The Morgan fingerprint density at radius 3 is 2.68 bits per heavy atom. The Morgan fingerprint density at radius 2 is 1.96 bits per heavy atom. The second kappa shape index (κ2) is 6.87. The molecule has 1 fully saturated rings.